The summed E-state index contributed by atoms with van der Waals surface area (Å²) in [5.74, 6) is 0. The molecule has 2 atom stereocenters. The molecule has 9 heteroatoms. The van der Waals surface area contributed by atoms with Crippen LogP contribution in [0.5, 0.6) is 0 Å². The van der Waals surface area contributed by atoms with E-state index in [1.807, 2.05) is 35.1 Å². The lowest BCUT2D eigenvalue weighted by molar-refractivity contribution is 0.347. The number of nitrogens with one attached hydrogen (secondary N) is 1. The van der Waals surface area contributed by atoms with Gasteiger partial charge in [0.2, 0.25) is 0 Å². The molecule has 0 amide bonds. The zero-order valence-corrected chi connectivity index (χ0v) is 20.0. The number of hydrogen-bond acceptors (Lipinski definition) is 5. The first-order valence-corrected chi connectivity index (χ1v) is 12.3. The quantitative estimate of drug-likeness (QED) is 0.345. The second kappa shape index (κ2) is 8.98. The highest BCUT2D eigenvalue weighted by molar-refractivity contribution is 7.99. The first kappa shape index (κ1) is 21.6. The molecule has 1 aliphatic rings. The van der Waals surface area contributed by atoms with Crippen molar-refractivity contribution in [3.05, 3.63) is 64.7 Å². The molecular weight excluding hydrogens is 463 g/mol. The summed E-state index contributed by atoms with van der Waals surface area (Å²) in [7, 11) is 0. The molecule has 1 aliphatic heterocycles. The highest BCUT2D eigenvalue weighted by Crippen LogP contribution is 2.44. The minimum absolute atomic E-state index is 0.0283. The van der Waals surface area contributed by atoms with Gasteiger partial charge in [-0.25, -0.2) is 4.52 Å². The Hall–Kier alpha value is -2.19. The second-order valence-electron chi connectivity index (χ2n) is 8.09. The van der Waals surface area contributed by atoms with Crippen molar-refractivity contribution in [2.45, 2.75) is 36.0 Å². The molecule has 1 aromatic carbocycles. The minimum atomic E-state index is 0.0283. The van der Waals surface area contributed by atoms with Crippen LogP contribution in [0.15, 0.2) is 53.9 Å². The summed E-state index contributed by atoms with van der Waals surface area (Å²) in [6.45, 7) is 4.13. The van der Waals surface area contributed by atoms with Crippen molar-refractivity contribution in [1.29, 1.82) is 0 Å². The first-order chi connectivity index (χ1) is 15.5. The van der Waals surface area contributed by atoms with Gasteiger partial charge in [0.15, 0.2) is 0 Å². The van der Waals surface area contributed by atoms with E-state index in [2.05, 4.69) is 39.4 Å². The van der Waals surface area contributed by atoms with E-state index in [1.165, 1.54) is 6.42 Å². The van der Waals surface area contributed by atoms with Gasteiger partial charge in [0.25, 0.3) is 0 Å². The Morgan fingerprint density at radius 1 is 1.16 bits per heavy atom. The average molecular weight is 487 g/mol. The number of piperidine rings is 1. The lowest BCUT2D eigenvalue weighted by Gasteiger charge is -2.22. The zero-order chi connectivity index (χ0) is 22.2. The number of nitrogens with two attached hydrogens (primary N) is 1. The Morgan fingerprint density at radius 3 is 2.72 bits per heavy atom. The van der Waals surface area contributed by atoms with Gasteiger partial charge in [-0.2, -0.15) is 10.2 Å². The number of thioether (sulfide) groups is 1. The molecule has 1 saturated heterocycles. The summed E-state index contributed by atoms with van der Waals surface area (Å²) in [4.78, 5) is 1.02. The second-order valence-corrected chi connectivity index (χ2v) is 10.3. The molecule has 1 unspecified atom stereocenters. The Kier molecular flexibility index (Phi) is 6.07. The van der Waals surface area contributed by atoms with Crippen molar-refractivity contribution < 1.29 is 0 Å². The fraction of sp³-hybridized carbons (Fsp3) is 0.304. The normalized spacial score (nSPS) is 17.7. The molecule has 0 aliphatic carbocycles. The number of nitrogen functional groups attached to an aromatic ring is 1. The number of hydrogen-bond donors (Lipinski definition) is 2. The van der Waals surface area contributed by atoms with Gasteiger partial charge >= 0.3 is 0 Å². The Bertz CT molecular complexity index is 1240. The first-order valence-electron chi connectivity index (χ1n) is 10.6. The summed E-state index contributed by atoms with van der Waals surface area (Å²) >= 11 is 14.6. The van der Waals surface area contributed by atoms with Crippen LogP contribution >= 0.6 is 35.0 Å². The van der Waals surface area contributed by atoms with E-state index in [-0.39, 0.29) is 5.25 Å². The summed E-state index contributed by atoms with van der Waals surface area (Å²) in [6, 6.07) is 8.14. The molecular formula is C23H24Cl2N6S. The van der Waals surface area contributed by atoms with E-state index in [4.69, 9.17) is 28.9 Å². The highest BCUT2D eigenvalue weighted by Gasteiger charge is 2.20. The van der Waals surface area contributed by atoms with Crippen LogP contribution in [0.1, 0.15) is 36.6 Å². The summed E-state index contributed by atoms with van der Waals surface area (Å²) < 4.78 is 3.91. The van der Waals surface area contributed by atoms with Crippen molar-refractivity contribution >= 4 is 46.2 Å². The van der Waals surface area contributed by atoms with E-state index in [0.717, 1.165) is 46.6 Å². The van der Waals surface area contributed by atoms with Crippen LogP contribution in [-0.2, 0) is 0 Å². The van der Waals surface area contributed by atoms with Crippen LogP contribution in [0.3, 0.4) is 0 Å². The zero-order valence-electron chi connectivity index (χ0n) is 17.6. The highest BCUT2D eigenvalue weighted by atomic mass is 35.5. The Morgan fingerprint density at radius 2 is 1.97 bits per heavy atom. The summed E-state index contributed by atoms with van der Waals surface area (Å²) in [5, 5.41) is 13.9. The van der Waals surface area contributed by atoms with Gasteiger partial charge in [-0.1, -0.05) is 29.3 Å². The maximum atomic E-state index is 6.47. The third-order valence-corrected chi connectivity index (χ3v) is 7.71. The smallest absolute Gasteiger partial charge is 0.103 e. The number of fused-ring (bicyclic) bond motifs is 1. The van der Waals surface area contributed by atoms with E-state index in [1.54, 1.807) is 18.0 Å². The number of aromatic nitrogens is 4. The molecule has 32 heavy (non-hydrogen) atoms. The Labute approximate surface area is 201 Å². The van der Waals surface area contributed by atoms with E-state index in [0.29, 0.717) is 21.8 Å². The van der Waals surface area contributed by atoms with Crippen molar-refractivity contribution in [2.75, 3.05) is 18.8 Å². The van der Waals surface area contributed by atoms with E-state index in [9.17, 15) is 0 Å². The molecule has 0 saturated carbocycles. The summed E-state index contributed by atoms with van der Waals surface area (Å²) in [6.07, 6.45) is 10.0. The third kappa shape index (κ3) is 4.10. The van der Waals surface area contributed by atoms with Crippen molar-refractivity contribution in [1.82, 2.24) is 24.7 Å². The van der Waals surface area contributed by atoms with Gasteiger partial charge in [0, 0.05) is 55.8 Å². The van der Waals surface area contributed by atoms with Gasteiger partial charge in [-0.05, 0) is 44.5 Å². The lowest BCUT2D eigenvalue weighted by Crippen LogP contribution is -2.31. The van der Waals surface area contributed by atoms with Gasteiger partial charge in [-0.3, -0.25) is 4.68 Å². The maximum absolute atomic E-state index is 6.47. The van der Waals surface area contributed by atoms with Crippen LogP contribution in [0.4, 0.5) is 5.69 Å². The van der Waals surface area contributed by atoms with Gasteiger partial charge in [0.1, 0.15) is 5.52 Å². The number of pyridine rings is 1. The fourth-order valence-corrected chi connectivity index (χ4v) is 6.37. The minimum Gasteiger partial charge on any atom is -0.396 e. The van der Waals surface area contributed by atoms with Crippen molar-refractivity contribution in [2.24, 2.45) is 0 Å². The third-order valence-electron chi connectivity index (χ3n) is 5.89. The van der Waals surface area contributed by atoms with Crippen molar-refractivity contribution in [3.63, 3.8) is 0 Å². The van der Waals surface area contributed by atoms with Crippen LogP contribution in [-0.4, -0.2) is 32.5 Å². The largest absolute Gasteiger partial charge is 0.396 e. The molecule has 166 valence electrons. The molecule has 4 aromatic rings. The Balaban J connectivity index is 1.52. The predicted octanol–water partition coefficient (Wildman–Crippen LogP) is 5.86. The van der Waals surface area contributed by atoms with E-state index < -0.39 is 0 Å². The summed E-state index contributed by atoms with van der Waals surface area (Å²) in [5.41, 5.74) is 10.8. The van der Waals surface area contributed by atoms with Crippen molar-refractivity contribution in [3.8, 4) is 11.1 Å². The van der Waals surface area contributed by atoms with Gasteiger partial charge < -0.3 is 11.1 Å². The molecule has 6 nitrogen and oxygen atoms in total. The van der Waals surface area contributed by atoms with E-state index >= 15 is 0 Å². The molecule has 0 spiro atoms. The standard InChI is InChI=1S/C23H24Cl2N6S/c1-14(22-18(24)5-2-6-19(22)25)32-21-8-15(12-31-23(21)20(26)11-29-31)16-9-28-30(13-16)17-4-3-7-27-10-17/h2,5-6,8-9,11-14,17,27H,3-4,7,10,26H2,1H3/t14-,17?/m1/s1. The van der Waals surface area contributed by atoms with Crippen LogP contribution < -0.4 is 11.1 Å². The molecule has 3 N–H and O–H groups in total. The van der Waals surface area contributed by atoms with Crippen LogP contribution in [0.2, 0.25) is 10.0 Å². The fourth-order valence-electron chi connectivity index (χ4n) is 4.25. The number of benzene rings is 1. The number of nitrogens with zero attached hydrogens (tertiary/aromatic N) is 4. The van der Waals surface area contributed by atoms with Crippen LogP contribution in [0.25, 0.3) is 16.6 Å². The predicted molar refractivity (Wildman–Crippen MR) is 133 cm³/mol. The molecule has 5 rings (SSSR count). The van der Waals surface area contributed by atoms with Gasteiger partial charge in [-0.15, -0.1) is 11.8 Å². The molecule has 4 heterocycles. The lowest BCUT2D eigenvalue weighted by atomic mass is 10.1. The average Bonchev–Trinajstić information content (AvgIpc) is 3.42. The number of anilines is 1. The number of halogens is 2. The molecule has 3 aromatic heterocycles. The topological polar surface area (TPSA) is 73.2 Å². The molecule has 0 radical (unpaired) electrons. The molecule has 0 bridgehead atoms. The molecule has 1 fully saturated rings. The maximum Gasteiger partial charge on any atom is 0.103 e. The van der Waals surface area contributed by atoms with Crippen LogP contribution in [0, 0.1) is 0 Å². The monoisotopic (exact) mass is 486 g/mol. The SMILES string of the molecule is C[C@@H](Sc1cc(-c2cnn(C3CCCNC3)c2)cn2ncc(N)c12)c1c(Cl)cccc1Cl. The van der Waals surface area contributed by atoms with Gasteiger partial charge in [0.05, 0.1) is 24.1 Å². The number of rotatable bonds is 5.